The minimum absolute atomic E-state index is 0.131. The average molecular weight is 461 g/mol. The molecule has 3 heterocycles. The molecule has 1 fully saturated rings. The lowest BCUT2D eigenvalue weighted by Gasteiger charge is -2.33. The second-order valence-electron chi connectivity index (χ2n) is 8.46. The van der Waals surface area contributed by atoms with E-state index >= 15 is 0 Å². The van der Waals surface area contributed by atoms with E-state index in [1.807, 2.05) is 50.7 Å². The van der Waals surface area contributed by atoms with Crippen LogP contribution >= 0.6 is 15.9 Å². The molecule has 3 aromatic rings. The lowest BCUT2D eigenvalue weighted by molar-refractivity contribution is 0.0195. The molecule has 8 nitrogen and oxygen atoms in total. The molecular formula is C20H25BrN6O2. The molecule has 2 aromatic heterocycles. The number of hydrogen-bond acceptors (Lipinski definition) is 5. The van der Waals surface area contributed by atoms with Gasteiger partial charge in [0, 0.05) is 37.0 Å². The summed E-state index contributed by atoms with van der Waals surface area (Å²) in [6.07, 6.45) is 1.62. The fourth-order valence-corrected chi connectivity index (χ4v) is 4.09. The quantitative estimate of drug-likeness (QED) is 0.617. The van der Waals surface area contributed by atoms with Crippen LogP contribution in [0.5, 0.6) is 0 Å². The van der Waals surface area contributed by atoms with Gasteiger partial charge < -0.3 is 9.64 Å². The summed E-state index contributed by atoms with van der Waals surface area (Å²) in [6.45, 7) is 6.96. The van der Waals surface area contributed by atoms with Crippen molar-refractivity contribution in [3.63, 3.8) is 0 Å². The number of likely N-dealkylation sites (tertiary alicyclic amines) is 1. The Kier molecular flexibility index (Phi) is 5.10. The van der Waals surface area contributed by atoms with Gasteiger partial charge in [0.05, 0.1) is 5.52 Å². The number of rotatable bonds is 2. The predicted molar refractivity (Wildman–Crippen MR) is 114 cm³/mol. The predicted octanol–water partition coefficient (Wildman–Crippen LogP) is 4.24. The number of fused-ring (bicyclic) bond motifs is 1. The van der Waals surface area contributed by atoms with Crippen LogP contribution in [-0.4, -0.2) is 54.6 Å². The fourth-order valence-electron chi connectivity index (χ4n) is 3.68. The molecule has 1 aliphatic rings. The fraction of sp³-hybridized carbons (Fsp3) is 0.500. The molecule has 29 heavy (non-hydrogen) atoms. The number of piperidine rings is 1. The van der Waals surface area contributed by atoms with Crippen molar-refractivity contribution < 1.29 is 9.53 Å². The maximum Gasteiger partial charge on any atom is 0.410 e. The van der Waals surface area contributed by atoms with E-state index in [0.717, 1.165) is 39.7 Å². The van der Waals surface area contributed by atoms with Crippen LogP contribution in [-0.2, 0) is 11.8 Å². The number of halogens is 1. The maximum absolute atomic E-state index is 12.5. The Bertz CT molecular complexity index is 1050. The van der Waals surface area contributed by atoms with E-state index in [1.54, 1.807) is 4.90 Å². The molecular weight excluding hydrogens is 436 g/mol. The molecule has 1 aromatic carbocycles. The minimum Gasteiger partial charge on any atom is -0.444 e. The number of nitrogens with one attached hydrogen (secondary N) is 1. The van der Waals surface area contributed by atoms with Gasteiger partial charge in [0.25, 0.3) is 0 Å². The van der Waals surface area contributed by atoms with E-state index < -0.39 is 5.60 Å². The monoisotopic (exact) mass is 460 g/mol. The van der Waals surface area contributed by atoms with Crippen LogP contribution in [0.15, 0.2) is 22.8 Å². The number of H-pyrrole nitrogens is 1. The molecule has 1 unspecified atom stereocenters. The number of amides is 1. The first kappa shape index (κ1) is 19.9. The van der Waals surface area contributed by atoms with Crippen LogP contribution in [0.25, 0.3) is 22.3 Å². The zero-order chi connectivity index (χ0) is 20.8. The Labute approximate surface area is 177 Å². The van der Waals surface area contributed by atoms with E-state index in [9.17, 15) is 4.79 Å². The van der Waals surface area contributed by atoms with Gasteiger partial charge in [-0.1, -0.05) is 0 Å². The number of carbonyl (C=O) groups is 1. The number of carbonyl (C=O) groups excluding carboxylic acids is 1. The van der Waals surface area contributed by atoms with Gasteiger partial charge in [0.2, 0.25) is 0 Å². The van der Waals surface area contributed by atoms with Gasteiger partial charge in [-0.15, -0.1) is 0 Å². The third-order valence-corrected chi connectivity index (χ3v) is 5.61. The molecule has 0 spiro atoms. The number of aromatic amines is 1. The Hall–Kier alpha value is -2.42. The van der Waals surface area contributed by atoms with Crippen molar-refractivity contribution in [1.29, 1.82) is 0 Å². The standard InChI is InChI=1S/C20H25BrN6O2/c1-20(2,3)29-19(28)27-9-5-6-13(11-27)18-22-17(25-26(18)4)12-7-8-15-14(10-12)16(21)24-23-15/h7-8,10,13H,5-6,9,11H2,1-4H3,(H,23,24). The SMILES string of the molecule is Cn1nc(-c2ccc3[nH]nc(Br)c3c2)nc1C1CCCN(C(=O)OC(C)(C)C)C1. The highest BCUT2D eigenvalue weighted by molar-refractivity contribution is 9.10. The number of aromatic nitrogens is 5. The highest BCUT2D eigenvalue weighted by Gasteiger charge is 2.30. The molecule has 154 valence electrons. The zero-order valence-corrected chi connectivity index (χ0v) is 18.7. The highest BCUT2D eigenvalue weighted by Crippen LogP contribution is 2.30. The highest BCUT2D eigenvalue weighted by atomic mass is 79.9. The molecule has 1 aliphatic heterocycles. The molecule has 9 heteroatoms. The van der Waals surface area contributed by atoms with Gasteiger partial charge in [0.1, 0.15) is 16.0 Å². The van der Waals surface area contributed by atoms with Crippen molar-refractivity contribution in [2.45, 2.75) is 45.1 Å². The summed E-state index contributed by atoms with van der Waals surface area (Å²) < 4.78 is 8.14. The van der Waals surface area contributed by atoms with Gasteiger partial charge in [-0.25, -0.2) is 9.78 Å². The molecule has 0 radical (unpaired) electrons. The Morgan fingerprint density at radius 1 is 1.34 bits per heavy atom. The summed E-state index contributed by atoms with van der Waals surface area (Å²) in [6, 6.07) is 5.99. The molecule has 1 atom stereocenters. The summed E-state index contributed by atoms with van der Waals surface area (Å²) in [7, 11) is 1.91. The molecule has 1 amide bonds. The topological polar surface area (TPSA) is 88.9 Å². The van der Waals surface area contributed by atoms with Crippen molar-refractivity contribution in [3.05, 3.63) is 28.6 Å². The first-order valence-corrected chi connectivity index (χ1v) is 10.5. The summed E-state index contributed by atoms with van der Waals surface area (Å²) in [5.74, 6) is 1.69. The van der Waals surface area contributed by atoms with Crippen LogP contribution in [0.3, 0.4) is 0 Å². The van der Waals surface area contributed by atoms with Gasteiger partial charge in [-0.2, -0.15) is 10.2 Å². The lowest BCUT2D eigenvalue weighted by Crippen LogP contribution is -2.42. The van der Waals surface area contributed by atoms with Gasteiger partial charge >= 0.3 is 6.09 Å². The summed E-state index contributed by atoms with van der Waals surface area (Å²) >= 11 is 3.46. The van der Waals surface area contributed by atoms with Gasteiger partial charge in [-0.3, -0.25) is 9.78 Å². The third kappa shape index (κ3) is 4.14. The molecule has 4 rings (SSSR count). The van der Waals surface area contributed by atoms with E-state index in [1.165, 1.54) is 0 Å². The van der Waals surface area contributed by atoms with Gasteiger partial charge in [0.15, 0.2) is 5.82 Å². The second kappa shape index (κ2) is 7.44. The van der Waals surface area contributed by atoms with Crippen molar-refractivity contribution in [3.8, 4) is 11.4 Å². The molecule has 1 saturated heterocycles. The average Bonchev–Trinajstić information content (AvgIpc) is 3.23. The number of ether oxygens (including phenoxy) is 1. The summed E-state index contributed by atoms with van der Waals surface area (Å²) in [5, 5.41) is 12.8. The number of nitrogens with zero attached hydrogens (tertiary/aromatic N) is 5. The van der Waals surface area contributed by atoms with E-state index in [0.29, 0.717) is 18.9 Å². The molecule has 0 aliphatic carbocycles. The van der Waals surface area contributed by atoms with Crippen molar-refractivity contribution in [2.75, 3.05) is 13.1 Å². The summed E-state index contributed by atoms with van der Waals surface area (Å²) in [4.78, 5) is 19.1. The van der Waals surface area contributed by atoms with Crippen LogP contribution in [0, 0.1) is 0 Å². The van der Waals surface area contributed by atoms with E-state index in [4.69, 9.17) is 9.72 Å². The minimum atomic E-state index is -0.498. The second-order valence-corrected chi connectivity index (χ2v) is 9.21. The largest absolute Gasteiger partial charge is 0.444 e. The lowest BCUT2D eigenvalue weighted by atomic mass is 9.97. The van der Waals surface area contributed by atoms with Gasteiger partial charge in [-0.05, 0) is 67.7 Å². The normalized spacial score (nSPS) is 17.7. The summed E-state index contributed by atoms with van der Waals surface area (Å²) in [5.41, 5.74) is 1.39. The zero-order valence-electron chi connectivity index (χ0n) is 17.1. The van der Waals surface area contributed by atoms with Crippen molar-refractivity contribution in [1.82, 2.24) is 29.9 Å². The van der Waals surface area contributed by atoms with Crippen LogP contribution in [0.2, 0.25) is 0 Å². The van der Waals surface area contributed by atoms with E-state index in [-0.39, 0.29) is 12.0 Å². The van der Waals surface area contributed by atoms with Crippen molar-refractivity contribution in [2.24, 2.45) is 7.05 Å². The Balaban J connectivity index is 1.57. The van der Waals surface area contributed by atoms with Crippen molar-refractivity contribution >= 4 is 32.9 Å². The Morgan fingerprint density at radius 3 is 2.90 bits per heavy atom. The number of benzene rings is 1. The first-order valence-electron chi connectivity index (χ1n) is 9.74. The number of aryl methyl sites for hydroxylation is 1. The smallest absolute Gasteiger partial charge is 0.410 e. The first-order chi connectivity index (χ1) is 13.7. The van der Waals surface area contributed by atoms with Crippen LogP contribution in [0.4, 0.5) is 4.79 Å². The molecule has 0 saturated carbocycles. The Morgan fingerprint density at radius 2 is 2.14 bits per heavy atom. The third-order valence-electron chi connectivity index (χ3n) is 5.01. The molecule has 0 bridgehead atoms. The number of hydrogen-bond donors (Lipinski definition) is 1. The molecule has 1 N–H and O–H groups in total. The van der Waals surface area contributed by atoms with Crippen LogP contribution < -0.4 is 0 Å². The maximum atomic E-state index is 12.5. The van der Waals surface area contributed by atoms with E-state index in [2.05, 4.69) is 31.2 Å². The van der Waals surface area contributed by atoms with Crippen LogP contribution in [0.1, 0.15) is 45.4 Å².